The third-order valence-corrected chi connectivity index (χ3v) is 9.58. The molecule has 0 saturated carbocycles. The quantitative estimate of drug-likeness (QED) is 0.684. The molecule has 0 atom stereocenters. The Morgan fingerprint density at radius 3 is 2.06 bits per heavy atom. The molecule has 2 rings (SSSR count). The molecule has 1 aromatic rings. The number of benzene rings is 1. The lowest BCUT2D eigenvalue weighted by molar-refractivity contribution is 1.15. The minimum atomic E-state index is -1.49. The van der Waals surface area contributed by atoms with Gasteiger partial charge in [-0.3, -0.25) is 0 Å². The molecule has 0 nitrogen and oxygen atoms in total. The molecule has 0 unspecified atom stereocenters. The Hall–Kier alpha value is -1.08. The average molecular weight is 255 g/mol. The van der Waals surface area contributed by atoms with Crippen LogP contribution in [-0.4, -0.2) is 8.07 Å². The molecule has 1 aromatic carbocycles. The SMILES string of the molecule is CCC1=C[C]([Si](CC)(CC)c2ccccc2)C=C1. The van der Waals surface area contributed by atoms with Crippen LogP contribution >= 0.6 is 0 Å². The fourth-order valence-electron chi connectivity index (χ4n) is 3.00. The summed E-state index contributed by atoms with van der Waals surface area (Å²) in [5, 5.41) is 1.59. The zero-order valence-electron chi connectivity index (χ0n) is 11.7. The molecule has 0 heterocycles. The van der Waals surface area contributed by atoms with Crippen LogP contribution in [0.15, 0.2) is 54.1 Å². The second-order valence-corrected chi connectivity index (χ2v) is 9.75. The van der Waals surface area contributed by atoms with Crippen molar-refractivity contribution in [1.29, 1.82) is 0 Å². The van der Waals surface area contributed by atoms with Crippen molar-refractivity contribution in [2.45, 2.75) is 39.3 Å². The van der Waals surface area contributed by atoms with E-state index in [1.807, 2.05) is 0 Å². The van der Waals surface area contributed by atoms with Gasteiger partial charge in [-0.25, -0.2) is 0 Å². The molecule has 0 saturated heterocycles. The molecule has 1 aliphatic carbocycles. The Morgan fingerprint density at radius 1 is 0.889 bits per heavy atom. The van der Waals surface area contributed by atoms with E-state index in [9.17, 15) is 0 Å². The van der Waals surface area contributed by atoms with Crippen molar-refractivity contribution in [2.75, 3.05) is 0 Å². The van der Waals surface area contributed by atoms with E-state index in [-0.39, 0.29) is 0 Å². The summed E-state index contributed by atoms with van der Waals surface area (Å²) in [4.78, 5) is 0. The van der Waals surface area contributed by atoms with Crippen LogP contribution in [0.4, 0.5) is 0 Å². The van der Waals surface area contributed by atoms with Gasteiger partial charge in [-0.15, -0.1) is 0 Å². The zero-order chi connectivity index (χ0) is 13.0. The van der Waals surface area contributed by atoms with E-state index in [0.29, 0.717) is 0 Å². The summed E-state index contributed by atoms with van der Waals surface area (Å²) in [6, 6.07) is 13.7. The molecule has 0 bridgehead atoms. The van der Waals surface area contributed by atoms with Gasteiger partial charge in [0.05, 0.1) is 0 Å². The number of allylic oxidation sites excluding steroid dienone is 4. The molecule has 18 heavy (non-hydrogen) atoms. The van der Waals surface area contributed by atoms with E-state index in [0.717, 1.165) is 6.42 Å². The Labute approximate surface area is 112 Å². The van der Waals surface area contributed by atoms with Crippen LogP contribution in [0, 0.1) is 5.54 Å². The highest BCUT2D eigenvalue weighted by Gasteiger charge is 2.38. The van der Waals surface area contributed by atoms with Crippen molar-refractivity contribution in [1.82, 2.24) is 0 Å². The Balaban J connectivity index is 2.40. The van der Waals surface area contributed by atoms with Gasteiger partial charge in [-0.2, -0.15) is 0 Å². The lowest BCUT2D eigenvalue weighted by atomic mass is 10.2. The van der Waals surface area contributed by atoms with Gasteiger partial charge in [0.1, 0.15) is 8.07 Å². The Morgan fingerprint density at radius 2 is 1.56 bits per heavy atom. The standard InChI is InChI=1S/C17H23Si/c1-4-15-12-13-17(14-15)18(5-2,6-3)16-10-8-7-9-11-16/h7-14H,4-6H2,1-3H3. The lowest BCUT2D eigenvalue weighted by Crippen LogP contribution is -2.51. The van der Waals surface area contributed by atoms with E-state index in [2.05, 4.69) is 69.3 Å². The van der Waals surface area contributed by atoms with Gasteiger partial charge in [0.25, 0.3) is 0 Å². The summed E-state index contributed by atoms with van der Waals surface area (Å²) < 4.78 is 0. The minimum absolute atomic E-state index is 1.15. The highest BCUT2D eigenvalue weighted by Crippen LogP contribution is 2.34. The van der Waals surface area contributed by atoms with Gasteiger partial charge in [-0.05, 0) is 6.42 Å². The van der Waals surface area contributed by atoms with Gasteiger partial charge in [0.2, 0.25) is 0 Å². The van der Waals surface area contributed by atoms with E-state index in [1.54, 1.807) is 10.7 Å². The van der Waals surface area contributed by atoms with Crippen molar-refractivity contribution >= 4 is 13.3 Å². The largest absolute Gasteiger partial charge is 0.101 e. The molecule has 1 aliphatic rings. The van der Waals surface area contributed by atoms with Crippen LogP contribution in [0.3, 0.4) is 0 Å². The molecule has 1 radical (unpaired) electrons. The van der Waals surface area contributed by atoms with Crippen molar-refractivity contribution in [3.8, 4) is 0 Å². The van der Waals surface area contributed by atoms with Crippen LogP contribution < -0.4 is 5.19 Å². The minimum Gasteiger partial charge on any atom is -0.0757 e. The van der Waals surface area contributed by atoms with E-state index in [1.165, 1.54) is 17.7 Å². The van der Waals surface area contributed by atoms with E-state index in [4.69, 9.17) is 0 Å². The summed E-state index contributed by atoms with van der Waals surface area (Å²) in [5.41, 5.74) is 3.11. The summed E-state index contributed by atoms with van der Waals surface area (Å²) in [6.07, 6.45) is 8.29. The summed E-state index contributed by atoms with van der Waals surface area (Å²) >= 11 is 0. The van der Waals surface area contributed by atoms with Gasteiger partial charge in [0.15, 0.2) is 0 Å². The first-order valence-electron chi connectivity index (χ1n) is 7.08. The predicted molar refractivity (Wildman–Crippen MR) is 83.5 cm³/mol. The fraction of sp³-hybridized carbons (Fsp3) is 0.353. The van der Waals surface area contributed by atoms with Gasteiger partial charge >= 0.3 is 0 Å². The first kappa shape index (κ1) is 13.4. The molecule has 1 heteroatoms. The molecular formula is C17H23Si. The molecule has 0 fully saturated rings. The van der Waals surface area contributed by atoms with Gasteiger partial charge in [-0.1, -0.05) is 92.2 Å². The number of rotatable bonds is 5. The monoisotopic (exact) mass is 255 g/mol. The maximum Gasteiger partial charge on any atom is 0.101 e. The van der Waals surface area contributed by atoms with E-state index >= 15 is 0 Å². The summed E-state index contributed by atoms with van der Waals surface area (Å²) in [7, 11) is -1.49. The van der Waals surface area contributed by atoms with E-state index < -0.39 is 8.07 Å². The van der Waals surface area contributed by atoms with Crippen LogP contribution in [0.1, 0.15) is 27.2 Å². The molecule has 0 aromatic heterocycles. The normalized spacial score (nSPS) is 16.1. The third kappa shape index (κ3) is 2.24. The van der Waals surface area contributed by atoms with Crippen molar-refractivity contribution < 1.29 is 0 Å². The molecule has 95 valence electrons. The smallest absolute Gasteiger partial charge is 0.0757 e. The topological polar surface area (TPSA) is 0 Å². The second-order valence-electron chi connectivity index (χ2n) is 5.02. The third-order valence-electron chi connectivity index (χ3n) is 4.31. The van der Waals surface area contributed by atoms with Crippen molar-refractivity contribution in [3.05, 3.63) is 59.7 Å². The molecule has 0 spiro atoms. The van der Waals surface area contributed by atoms with Gasteiger partial charge < -0.3 is 0 Å². The number of hydrogen-bond acceptors (Lipinski definition) is 0. The fourth-order valence-corrected chi connectivity index (χ4v) is 7.16. The maximum atomic E-state index is 2.45. The summed E-state index contributed by atoms with van der Waals surface area (Å²) in [5.74, 6) is 0. The highest BCUT2D eigenvalue weighted by atomic mass is 28.3. The Bertz CT molecular complexity index is 438. The van der Waals surface area contributed by atoms with Crippen LogP contribution in [-0.2, 0) is 0 Å². The van der Waals surface area contributed by atoms with Crippen LogP contribution in [0.2, 0.25) is 12.1 Å². The maximum absolute atomic E-state index is 2.45. The second kappa shape index (κ2) is 5.70. The zero-order valence-corrected chi connectivity index (χ0v) is 12.7. The predicted octanol–water partition coefficient (Wildman–Crippen LogP) is 4.40. The molecule has 0 amide bonds. The molecular weight excluding hydrogens is 232 g/mol. The first-order valence-corrected chi connectivity index (χ1v) is 9.49. The lowest BCUT2D eigenvalue weighted by Gasteiger charge is -2.34. The van der Waals surface area contributed by atoms with Crippen LogP contribution in [0.25, 0.3) is 0 Å². The van der Waals surface area contributed by atoms with Crippen molar-refractivity contribution in [3.63, 3.8) is 0 Å². The Kier molecular flexibility index (Phi) is 4.23. The van der Waals surface area contributed by atoms with Crippen LogP contribution in [0.5, 0.6) is 0 Å². The van der Waals surface area contributed by atoms with Gasteiger partial charge in [0, 0.05) is 5.54 Å². The van der Waals surface area contributed by atoms with Crippen molar-refractivity contribution in [2.24, 2.45) is 0 Å². The summed E-state index contributed by atoms with van der Waals surface area (Å²) in [6.45, 7) is 6.96. The molecule has 0 N–H and O–H groups in total. The first-order chi connectivity index (χ1) is 8.76. The number of hydrogen-bond donors (Lipinski definition) is 0. The highest BCUT2D eigenvalue weighted by molar-refractivity contribution is 6.97. The molecule has 0 aliphatic heterocycles. The average Bonchev–Trinajstić information content (AvgIpc) is 2.91.